The number of hydrogen-bond acceptors (Lipinski definition) is 2. The quantitative estimate of drug-likeness (QED) is 0.747. The lowest BCUT2D eigenvalue weighted by Crippen LogP contribution is -2.50. The third-order valence-electron chi connectivity index (χ3n) is 4.89. The summed E-state index contributed by atoms with van der Waals surface area (Å²) >= 11 is 0. The maximum Gasteiger partial charge on any atom is 0.243 e. The molecule has 0 aliphatic rings. The van der Waals surface area contributed by atoms with Gasteiger partial charge in [0.2, 0.25) is 11.8 Å². The summed E-state index contributed by atoms with van der Waals surface area (Å²) in [4.78, 5) is 27.8. The number of hydrogen-bond donors (Lipinski definition) is 1. The van der Waals surface area contributed by atoms with Gasteiger partial charge >= 0.3 is 0 Å². The van der Waals surface area contributed by atoms with Gasteiger partial charge in [-0.3, -0.25) is 9.59 Å². The van der Waals surface area contributed by atoms with E-state index >= 15 is 0 Å². The van der Waals surface area contributed by atoms with Gasteiger partial charge < -0.3 is 10.2 Å². The molecule has 4 heteroatoms. The highest BCUT2D eigenvalue weighted by Gasteiger charge is 2.29. The van der Waals surface area contributed by atoms with E-state index in [4.69, 9.17) is 0 Å². The molecule has 0 fully saturated rings. The van der Waals surface area contributed by atoms with Gasteiger partial charge in [-0.15, -0.1) is 0 Å². The van der Waals surface area contributed by atoms with E-state index in [0.717, 1.165) is 16.7 Å². The predicted molar refractivity (Wildman–Crippen MR) is 114 cm³/mol. The van der Waals surface area contributed by atoms with E-state index in [1.165, 1.54) is 5.56 Å². The molecule has 0 aliphatic heterocycles. The van der Waals surface area contributed by atoms with E-state index in [1.807, 2.05) is 83.1 Å². The van der Waals surface area contributed by atoms with E-state index in [-0.39, 0.29) is 17.9 Å². The SMILES string of the molecule is CC[C@@H](C(=O)NC(C)C)N(Cc1ccc(C)cc1)C(=O)Cc1ccccc1C. The molecule has 28 heavy (non-hydrogen) atoms. The monoisotopic (exact) mass is 380 g/mol. The summed E-state index contributed by atoms with van der Waals surface area (Å²) in [6.07, 6.45) is 0.869. The van der Waals surface area contributed by atoms with Crippen molar-refractivity contribution in [2.45, 2.75) is 66.1 Å². The Bertz CT molecular complexity index is 797. The standard InChI is InChI=1S/C24H32N2O2/c1-6-22(24(28)25-17(2)3)26(16-20-13-11-18(4)12-14-20)23(27)15-21-10-8-7-9-19(21)5/h7-14,17,22H,6,15-16H2,1-5H3,(H,25,28)/t22-/m0/s1. The second-order valence-corrected chi connectivity index (χ2v) is 7.70. The number of carbonyl (C=O) groups excluding carboxylic acids is 2. The maximum absolute atomic E-state index is 13.3. The van der Waals surface area contributed by atoms with Crippen molar-refractivity contribution in [2.75, 3.05) is 0 Å². The fourth-order valence-corrected chi connectivity index (χ4v) is 3.26. The summed E-state index contributed by atoms with van der Waals surface area (Å²) in [7, 11) is 0. The Hall–Kier alpha value is -2.62. The molecule has 2 rings (SSSR count). The predicted octanol–water partition coefficient (Wildman–Crippen LogP) is 4.18. The Balaban J connectivity index is 2.30. The maximum atomic E-state index is 13.3. The summed E-state index contributed by atoms with van der Waals surface area (Å²) < 4.78 is 0. The second-order valence-electron chi connectivity index (χ2n) is 7.70. The van der Waals surface area contributed by atoms with E-state index in [2.05, 4.69) is 5.32 Å². The first-order chi connectivity index (χ1) is 13.3. The van der Waals surface area contributed by atoms with Crippen LogP contribution in [0.5, 0.6) is 0 Å². The number of aryl methyl sites for hydroxylation is 2. The van der Waals surface area contributed by atoms with Crippen LogP contribution in [0.4, 0.5) is 0 Å². The van der Waals surface area contributed by atoms with Crippen LogP contribution in [-0.4, -0.2) is 28.8 Å². The first-order valence-electron chi connectivity index (χ1n) is 10.0. The highest BCUT2D eigenvalue weighted by molar-refractivity contribution is 5.88. The van der Waals surface area contributed by atoms with Gasteiger partial charge in [-0.05, 0) is 50.8 Å². The Morgan fingerprint density at radius 3 is 2.21 bits per heavy atom. The molecule has 0 radical (unpaired) electrons. The van der Waals surface area contributed by atoms with Crippen LogP contribution in [0.3, 0.4) is 0 Å². The van der Waals surface area contributed by atoms with E-state index in [9.17, 15) is 9.59 Å². The molecular formula is C24H32N2O2. The average molecular weight is 381 g/mol. The van der Waals surface area contributed by atoms with Gasteiger partial charge in [0.25, 0.3) is 0 Å². The van der Waals surface area contributed by atoms with Crippen molar-refractivity contribution in [3.05, 3.63) is 70.8 Å². The van der Waals surface area contributed by atoms with Crippen molar-refractivity contribution in [1.82, 2.24) is 10.2 Å². The lowest BCUT2D eigenvalue weighted by Gasteiger charge is -2.31. The van der Waals surface area contributed by atoms with Gasteiger partial charge in [0.05, 0.1) is 6.42 Å². The molecule has 0 heterocycles. The zero-order valence-corrected chi connectivity index (χ0v) is 17.7. The highest BCUT2D eigenvalue weighted by atomic mass is 16.2. The van der Waals surface area contributed by atoms with Crippen LogP contribution in [0.25, 0.3) is 0 Å². The molecule has 2 aromatic carbocycles. The summed E-state index contributed by atoms with van der Waals surface area (Å²) in [5.41, 5.74) is 4.29. The molecule has 0 bridgehead atoms. The van der Waals surface area contributed by atoms with Crippen molar-refractivity contribution >= 4 is 11.8 Å². The van der Waals surface area contributed by atoms with Gasteiger partial charge in [0.1, 0.15) is 6.04 Å². The Labute approximate surface area is 169 Å². The second kappa shape index (κ2) is 10.1. The molecule has 2 amide bonds. The summed E-state index contributed by atoms with van der Waals surface area (Å²) in [6, 6.07) is 15.6. The zero-order valence-electron chi connectivity index (χ0n) is 17.7. The molecular weight excluding hydrogens is 348 g/mol. The smallest absolute Gasteiger partial charge is 0.243 e. The van der Waals surface area contributed by atoms with Crippen molar-refractivity contribution < 1.29 is 9.59 Å². The Morgan fingerprint density at radius 2 is 1.64 bits per heavy atom. The first kappa shape index (κ1) is 21.7. The number of amides is 2. The topological polar surface area (TPSA) is 49.4 Å². The van der Waals surface area contributed by atoms with Crippen molar-refractivity contribution in [3.8, 4) is 0 Å². The van der Waals surface area contributed by atoms with Crippen LogP contribution in [-0.2, 0) is 22.6 Å². The lowest BCUT2D eigenvalue weighted by atomic mass is 10.0. The highest BCUT2D eigenvalue weighted by Crippen LogP contribution is 2.17. The van der Waals surface area contributed by atoms with Gasteiger partial charge in [-0.1, -0.05) is 61.0 Å². The molecule has 1 atom stereocenters. The molecule has 150 valence electrons. The summed E-state index contributed by atoms with van der Waals surface area (Å²) in [6.45, 7) is 10.3. The van der Waals surface area contributed by atoms with Crippen molar-refractivity contribution in [1.29, 1.82) is 0 Å². The number of nitrogens with one attached hydrogen (secondary N) is 1. The lowest BCUT2D eigenvalue weighted by molar-refractivity contribution is -0.141. The largest absolute Gasteiger partial charge is 0.352 e. The first-order valence-corrected chi connectivity index (χ1v) is 10.0. The molecule has 0 saturated heterocycles. The number of benzene rings is 2. The van der Waals surface area contributed by atoms with Crippen LogP contribution in [0.1, 0.15) is 49.4 Å². The van der Waals surface area contributed by atoms with Crippen LogP contribution < -0.4 is 5.32 Å². The molecule has 0 aromatic heterocycles. The average Bonchev–Trinajstić information content (AvgIpc) is 2.64. The normalized spacial score (nSPS) is 11.9. The van der Waals surface area contributed by atoms with Crippen LogP contribution in [0.15, 0.2) is 48.5 Å². The van der Waals surface area contributed by atoms with Crippen molar-refractivity contribution in [3.63, 3.8) is 0 Å². The van der Waals surface area contributed by atoms with E-state index in [1.54, 1.807) is 4.90 Å². The zero-order chi connectivity index (χ0) is 20.7. The van der Waals surface area contributed by atoms with Gasteiger partial charge in [0, 0.05) is 12.6 Å². The molecule has 1 N–H and O–H groups in total. The van der Waals surface area contributed by atoms with E-state index < -0.39 is 6.04 Å². The van der Waals surface area contributed by atoms with Gasteiger partial charge in [-0.25, -0.2) is 0 Å². The minimum Gasteiger partial charge on any atom is -0.352 e. The fourth-order valence-electron chi connectivity index (χ4n) is 3.26. The Morgan fingerprint density at radius 1 is 1.00 bits per heavy atom. The molecule has 0 spiro atoms. The molecule has 0 aliphatic carbocycles. The molecule has 2 aromatic rings. The van der Waals surface area contributed by atoms with Gasteiger partial charge in [-0.2, -0.15) is 0 Å². The van der Waals surface area contributed by atoms with Crippen LogP contribution in [0.2, 0.25) is 0 Å². The minimum absolute atomic E-state index is 0.0272. The summed E-state index contributed by atoms with van der Waals surface area (Å²) in [5, 5.41) is 2.97. The molecule has 0 unspecified atom stereocenters. The Kier molecular flexibility index (Phi) is 7.80. The third kappa shape index (κ3) is 5.95. The van der Waals surface area contributed by atoms with E-state index in [0.29, 0.717) is 19.4 Å². The molecule has 0 saturated carbocycles. The van der Waals surface area contributed by atoms with Gasteiger partial charge in [0.15, 0.2) is 0 Å². The summed E-state index contributed by atoms with van der Waals surface area (Å²) in [5.74, 6) is -0.122. The number of rotatable bonds is 8. The third-order valence-corrected chi connectivity index (χ3v) is 4.89. The van der Waals surface area contributed by atoms with Crippen molar-refractivity contribution in [2.24, 2.45) is 0 Å². The number of carbonyl (C=O) groups is 2. The minimum atomic E-state index is -0.486. The van der Waals surface area contributed by atoms with Crippen LogP contribution >= 0.6 is 0 Å². The fraction of sp³-hybridized carbons (Fsp3) is 0.417. The number of nitrogens with zero attached hydrogens (tertiary/aromatic N) is 1. The molecule has 4 nitrogen and oxygen atoms in total. The van der Waals surface area contributed by atoms with Crippen LogP contribution in [0, 0.1) is 13.8 Å².